The van der Waals surface area contributed by atoms with Gasteiger partial charge in [0.25, 0.3) is 5.91 Å². The summed E-state index contributed by atoms with van der Waals surface area (Å²) in [6.45, 7) is 2.92. The van der Waals surface area contributed by atoms with Crippen LogP contribution in [-0.2, 0) is 29.2 Å². The van der Waals surface area contributed by atoms with Gasteiger partial charge in [-0.3, -0.25) is 23.9 Å². The minimum Gasteiger partial charge on any atom is -0.497 e. The normalized spacial score (nSPS) is 25.5. The van der Waals surface area contributed by atoms with Gasteiger partial charge < -0.3 is 24.6 Å². The van der Waals surface area contributed by atoms with E-state index in [2.05, 4.69) is 10.0 Å². The first kappa shape index (κ1) is 41.2. The van der Waals surface area contributed by atoms with Gasteiger partial charge >= 0.3 is 0 Å². The molecule has 3 aromatic rings. The van der Waals surface area contributed by atoms with Crippen LogP contribution in [0.15, 0.2) is 66.7 Å². The zero-order valence-corrected chi connectivity index (χ0v) is 34.3. The molecule has 4 atom stereocenters. The monoisotopic (exact) mass is 813 g/mol. The van der Waals surface area contributed by atoms with Gasteiger partial charge in [-0.15, -0.1) is 0 Å². The van der Waals surface area contributed by atoms with Crippen molar-refractivity contribution in [2.45, 2.75) is 113 Å². The lowest BCUT2D eigenvalue weighted by atomic mass is 9.94. The van der Waals surface area contributed by atoms with E-state index in [1.807, 2.05) is 65.6 Å². The smallest absolute Gasteiger partial charge is 0.259 e. The van der Waals surface area contributed by atoms with Gasteiger partial charge in [0, 0.05) is 54.9 Å². The summed E-state index contributed by atoms with van der Waals surface area (Å²) in [5.41, 5.74) is 0.551. The van der Waals surface area contributed by atoms with Crippen molar-refractivity contribution in [2.24, 2.45) is 5.92 Å². The third-order valence-corrected chi connectivity index (χ3v) is 13.7. The van der Waals surface area contributed by atoms with E-state index in [9.17, 15) is 27.6 Å². The van der Waals surface area contributed by atoms with Gasteiger partial charge in [-0.1, -0.05) is 55.3 Å². The quantitative estimate of drug-likeness (QED) is 0.259. The molecule has 13 nitrogen and oxygen atoms in total. The second-order valence-electron chi connectivity index (χ2n) is 16.4. The second kappa shape index (κ2) is 17.9. The molecule has 0 radical (unpaired) electrons. The lowest BCUT2D eigenvalue weighted by Gasteiger charge is -2.33. The Morgan fingerprint density at radius 1 is 0.948 bits per heavy atom. The number of nitrogens with zero attached hydrogens (tertiary/aromatic N) is 3. The molecule has 3 fully saturated rings. The number of benzene rings is 2. The zero-order chi connectivity index (χ0) is 40.9. The zero-order valence-electron chi connectivity index (χ0n) is 33.5. The number of nitrogens with one attached hydrogen (secondary N) is 2. The first-order valence-electron chi connectivity index (χ1n) is 20.8. The highest BCUT2D eigenvalue weighted by Gasteiger charge is 2.47. The van der Waals surface area contributed by atoms with Crippen molar-refractivity contribution in [1.82, 2.24) is 24.8 Å². The van der Waals surface area contributed by atoms with Gasteiger partial charge in [0.2, 0.25) is 27.7 Å². The molecular formula is C44H55N5O8S. The van der Waals surface area contributed by atoms with Gasteiger partial charge in [-0.25, -0.2) is 13.4 Å². The molecule has 310 valence electrons. The standard InChI is InChI=1S/C44H55N5O8S/c1-44(43(53)47-58(54,55)34-19-20-34)22-12-6-4-3-5-9-17-31(25-40(50)48-23-13-8-14-24-48)42(52)49-29-33(27-38(49)41(51)46-44)57-39-28-36(30-15-10-7-11-16-30)45-37-26-32(56-2)18-21-35(37)39/h6-7,10-12,15-16,18,21,26,28,31,33-34,38H,3-5,8-9,13-14,17,19-20,22-25,27,29H2,1-2H3,(H,46,51)(H,47,53)/b12-6-/t31-,33-,38+,44+/m1/s1. The Morgan fingerprint density at radius 2 is 1.71 bits per heavy atom. The summed E-state index contributed by atoms with van der Waals surface area (Å²) >= 11 is 0. The molecule has 7 rings (SSSR count). The van der Waals surface area contributed by atoms with Gasteiger partial charge in [-0.2, -0.15) is 0 Å². The number of carbonyl (C=O) groups is 4. The Balaban J connectivity index is 1.22. The maximum Gasteiger partial charge on any atom is 0.259 e. The third kappa shape index (κ3) is 9.65. The molecule has 0 unspecified atom stereocenters. The maximum atomic E-state index is 14.8. The van der Waals surface area contributed by atoms with E-state index in [1.165, 1.54) is 11.8 Å². The number of fused-ring (bicyclic) bond motifs is 2. The fourth-order valence-electron chi connectivity index (χ4n) is 8.27. The predicted octanol–water partition coefficient (Wildman–Crippen LogP) is 5.67. The van der Waals surface area contributed by atoms with E-state index in [0.29, 0.717) is 61.5 Å². The first-order valence-corrected chi connectivity index (χ1v) is 22.3. The number of hydrogen-bond donors (Lipinski definition) is 2. The number of sulfonamides is 1. The predicted molar refractivity (Wildman–Crippen MR) is 220 cm³/mol. The van der Waals surface area contributed by atoms with Crippen molar-refractivity contribution < 1.29 is 37.1 Å². The molecule has 58 heavy (non-hydrogen) atoms. The number of likely N-dealkylation sites (tertiary alicyclic amines) is 1. The van der Waals surface area contributed by atoms with E-state index < -0.39 is 50.7 Å². The molecule has 2 aromatic carbocycles. The number of hydrogen-bond acceptors (Lipinski definition) is 9. The van der Waals surface area contributed by atoms with Crippen LogP contribution in [0.4, 0.5) is 0 Å². The van der Waals surface area contributed by atoms with Crippen LogP contribution in [0, 0.1) is 5.92 Å². The Hall–Kier alpha value is -4.98. The van der Waals surface area contributed by atoms with Crippen LogP contribution in [0.5, 0.6) is 11.5 Å². The first-order chi connectivity index (χ1) is 27.9. The largest absolute Gasteiger partial charge is 0.497 e. The number of piperidine rings is 1. The fraction of sp³-hybridized carbons (Fsp3) is 0.523. The van der Waals surface area contributed by atoms with E-state index in [0.717, 1.165) is 49.5 Å². The van der Waals surface area contributed by atoms with Crippen molar-refractivity contribution in [2.75, 3.05) is 26.7 Å². The molecule has 1 aromatic heterocycles. The van der Waals surface area contributed by atoms with Crippen molar-refractivity contribution in [3.8, 4) is 22.8 Å². The van der Waals surface area contributed by atoms with Gasteiger partial charge in [-0.05, 0) is 76.8 Å². The molecule has 0 bridgehead atoms. The van der Waals surface area contributed by atoms with E-state index in [1.54, 1.807) is 13.2 Å². The molecule has 14 heteroatoms. The van der Waals surface area contributed by atoms with Crippen LogP contribution < -0.4 is 19.5 Å². The average Bonchev–Trinajstić information content (AvgIpc) is 4.02. The average molecular weight is 814 g/mol. The number of aromatic nitrogens is 1. The molecule has 4 aliphatic rings. The Morgan fingerprint density at radius 3 is 2.45 bits per heavy atom. The molecule has 1 aliphatic carbocycles. The van der Waals surface area contributed by atoms with Gasteiger partial charge in [0.15, 0.2) is 0 Å². The minimum absolute atomic E-state index is 0.0471. The highest BCUT2D eigenvalue weighted by molar-refractivity contribution is 7.91. The van der Waals surface area contributed by atoms with Crippen molar-refractivity contribution >= 4 is 44.6 Å². The molecule has 0 spiro atoms. The van der Waals surface area contributed by atoms with Gasteiger partial charge in [0.1, 0.15) is 29.2 Å². The number of allylic oxidation sites excluding steroid dienone is 1. The third-order valence-electron chi connectivity index (χ3n) is 11.9. The van der Waals surface area contributed by atoms with Crippen LogP contribution in [0.2, 0.25) is 0 Å². The van der Waals surface area contributed by atoms with Crippen LogP contribution in [0.3, 0.4) is 0 Å². The second-order valence-corrected chi connectivity index (χ2v) is 18.4. The molecular weight excluding hydrogens is 759 g/mol. The SMILES string of the molecule is COc1ccc2c(O[C@@H]3C[C@H]4C(=O)N[C@](C)(C(=O)NS(=O)(=O)C5CC5)C/C=C\CCCCC[C@H](CC(=O)N5CCCCC5)C(=O)N4C3)cc(-c3ccccc3)nc2c1. The summed E-state index contributed by atoms with van der Waals surface area (Å²) < 4.78 is 40.3. The van der Waals surface area contributed by atoms with Crippen molar-refractivity contribution in [1.29, 1.82) is 0 Å². The summed E-state index contributed by atoms with van der Waals surface area (Å²) in [5, 5.41) is 2.97. The highest BCUT2D eigenvalue weighted by Crippen LogP contribution is 2.36. The van der Waals surface area contributed by atoms with Crippen LogP contribution in [0.25, 0.3) is 22.2 Å². The number of ether oxygens (including phenoxy) is 2. The molecule has 4 heterocycles. The number of carbonyl (C=O) groups excluding carboxylic acids is 4. The number of amides is 4. The number of methoxy groups -OCH3 is 1. The summed E-state index contributed by atoms with van der Waals surface area (Å²) in [6, 6.07) is 16.0. The van der Waals surface area contributed by atoms with E-state index in [4.69, 9.17) is 14.5 Å². The maximum absolute atomic E-state index is 14.8. The Labute approximate surface area is 341 Å². The summed E-state index contributed by atoms with van der Waals surface area (Å²) in [6.07, 6.45) is 10.8. The molecule has 2 N–H and O–H groups in total. The Bertz CT molecular complexity index is 2140. The van der Waals surface area contributed by atoms with Crippen LogP contribution in [-0.4, -0.2) is 96.5 Å². The summed E-state index contributed by atoms with van der Waals surface area (Å²) in [5.74, 6) is -1.30. The number of pyridine rings is 1. The molecule has 4 amide bonds. The topological polar surface area (TPSA) is 164 Å². The minimum atomic E-state index is -3.91. The Kier molecular flexibility index (Phi) is 12.7. The lowest BCUT2D eigenvalue weighted by Crippen LogP contribution is -2.61. The summed E-state index contributed by atoms with van der Waals surface area (Å²) in [4.78, 5) is 65.2. The molecule has 3 aliphatic heterocycles. The van der Waals surface area contributed by atoms with Gasteiger partial charge in [0.05, 0.1) is 30.1 Å². The molecule has 2 saturated heterocycles. The van der Waals surface area contributed by atoms with Crippen molar-refractivity contribution in [3.63, 3.8) is 0 Å². The van der Waals surface area contributed by atoms with Crippen LogP contribution >= 0.6 is 0 Å². The summed E-state index contributed by atoms with van der Waals surface area (Å²) in [7, 11) is -2.32. The molecule has 1 saturated carbocycles. The van der Waals surface area contributed by atoms with Crippen molar-refractivity contribution in [3.05, 3.63) is 66.7 Å². The van der Waals surface area contributed by atoms with E-state index in [-0.39, 0.29) is 37.6 Å². The number of rotatable bonds is 9. The highest BCUT2D eigenvalue weighted by atomic mass is 32.2. The van der Waals surface area contributed by atoms with E-state index >= 15 is 0 Å². The van der Waals surface area contributed by atoms with Crippen LogP contribution in [0.1, 0.15) is 90.4 Å². The lowest BCUT2D eigenvalue weighted by molar-refractivity contribution is -0.146. The fourth-order valence-corrected chi connectivity index (χ4v) is 9.68.